The van der Waals surface area contributed by atoms with E-state index in [1.54, 1.807) is 0 Å². The second kappa shape index (κ2) is 9.01. The van der Waals surface area contributed by atoms with Gasteiger partial charge < -0.3 is 14.2 Å². The maximum Gasteiger partial charge on any atom is 0.309 e. The highest BCUT2D eigenvalue weighted by Gasteiger charge is 2.41. The predicted molar refractivity (Wildman–Crippen MR) is 124 cm³/mol. The van der Waals surface area contributed by atoms with Crippen LogP contribution in [0.15, 0.2) is 72.8 Å². The second-order valence-corrected chi connectivity index (χ2v) is 9.27. The molecule has 0 spiro atoms. The number of hydrogen-bond donors (Lipinski definition) is 0. The van der Waals surface area contributed by atoms with Crippen molar-refractivity contribution < 1.29 is 19.0 Å². The zero-order valence-electron chi connectivity index (χ0n) is 19.2. The summed E-state index contributed by atoms with van der Waals surface area (Å²) in [4.78, 5) is 12.7. The highest BCUT2D eigenvalue weighted by molar-refractivity contribution is 5.73. The SMILES string of the molecule is Cc1ccc(Oc2cccc(OC3(C)C=CC=CC3C(C)C(=O)OC(C)(C)C)c2)cc1. The Morgan fingerprint density at radius 1 is 1.00 bits per heavy atom. The minimum Gasteiger partial charge on any atom is -0.483 e. The average molecular weight is 421 g/mol. The molecule has 0 heterocycles. The molecule has 164 valence electrons. The average Bonchev–Trinajstić information content (AvgIpc) is 2.68. The predicted octanol–water partition coefficient (Wildman–Crippen LogP) is 6.64. The number of esters is 1. The molecule has 0 aliphatic heterocycles. The third-order valence-corrected chi connectivity index (χ3v) is 5.24. The molecule has 3 rings (SSSR count). The Labute approximate surface area is 185 Å². The van der Waals surface area contributed by atoms with Gasteiger partial charge in [-0.05, 0) is 65.0 Å². The lowest BCUT2D eigenvalue weighted by Crippen LogP contribution is -2.45. The summed E-state index contributed by atoms with van der Waals surface area (Å²) in [7, 11) is 0. The molecule has 4 nitrogen and oxygen atoms in total. The molecule has 0 saturated carbocycles. The molecule has 0 fully saturated rings. The number of rotatable bonds is 6. The van der Waals surface area contributed by atoms with Crippen LogP contribution in [-0.2, 0) is 9.53 Å². The fourth-order valence-electron chi connectivity index (χ4n) is 3.64. The molecule has 0 saturated heterocycles. The van der Waals surface area contributed by atoms with Crippen molar-refractivity contribution in [1.29, 1.82) is 0 Å². The molecule has 31 heavy (non-hydrogen) atoms. The van der Waals surface area contributed by atoms with Crippen LogP contribution in [0.5, 0.6) is 17.2 Å². The van der Waals surface area contributed by atoms with Crippen molar-refractivity contribution in [3.63, 3.8) is 0 Å². The lowest BCUT2D eigenvalue weighted by Gasteiger charge is -2.38. The van der Waals surface area contributed by atoms with Gasteiger partial charge >= 0.3 is 5.97 Å². The van der Waals surface area contributed by atoms with E-state index in [0.29, 0.717) is 11.5 Å². The molecule has 0 amide bonds. The lowest BCUT2D eigenvalue weighted by atomic mass is 9.77. The van der Waals surface area contributed by atoms with E-state index in [1.807, 2.05) is 114 Å². The Hall–Kier alpha value is -3.01. The summed E-state index contributed by atoms with van der Waals surface area (Å²) in [6.07, 6.45) is 7.91. The molecule has 2 aromatic carbocycles. The van der Waals surface area contributed by atoms with Crippen LogP contribution >= 0.6 is 0 Å². The Morgan fingerprint density at radius 2 is 1.68 bits per heavy atom. The number of allylic oxidation sites excluding steroid dienone is 2. The van der Waals surface area contributed by atoms with Crippen molar-refractivity contribution in [2.24, 2.45) is 11.8 Å². The van der Waals surface area contributed by atoms with Gasteiger partial charge in [0.2, 0.25) is 0 Å². The fourth-order valence-corrected chi connectivity index (χ4v) is 3.64. The van der Waals surface area contributed by atoms with Crippen molar-refractivity contribution in [1.82, 2.24) is 0 Å². The Bertz CT molecular complexity index is 965. The lowest BCUT2D eigenvalue weighted by molar-refractivity contribution is -0.162. The van der Waals surface area contributed by atoms with Crippen molar-refractivity contribution >= 4 is 5.97 Å². The molecule has 0 bridgehead atoms. The molecule has 2 aromatic rings. The Kier molecular flexibility index (Phi) is 6.59. The zero-order chi connectivity index (χ0) is 22.6. The van der Waals surface area contributed by atoms with Gasteiger partial charge in [-0.15, -0.1) is 0 Å². The van der Waals surface area contributed by atoms with Gasteiger partial charge in [0.15, 0.2) is 0 Å². The van der Waals surface area contributed by atoms with Crippen molar-refractivity contribution in [2.75, 3.05) is 0 Å². The van der Waals surface area contributed by atoms with Crippen LogP contribution in [0.1, 0.15) is 40.2 Å². The molecule has 4 heteroatoms. The molecule has 3 unspecified atom stereocenters. The summed E-state index contributed by atoms with van der Waals surface area (Å²) in [5.74, 6) is 1.37. The fraction of sp³-hybridized carbons (Fsp3) is 0.370. The third kappa shape index (κ3) is 6.00. The first-order valence-electron chi connectivity index (χ1n) is 10.7. The number of ether oxygens (including phenoxy) is 3. The first-order chi connectivity index (χ1) is 14.6. The van der Waals surface area contributed by atoms with Gasteiger partial charge in [-0.2, -0.15) is 0 Å². The van der Waals surface area contributed by atoms with E-state index < -0.39 is 11.2 Å². The van der Waals surface area contributed by atoms with Gasteiger partial charge in [0.05, 0.1) is 5.92 Å². The van der Waals surface area contributed by atoms with E-state index >= 15 is 0 Å². The van der Waals surface area contributed by atoms with Crippen LogP contribution < -0.4 is 9.47 Å². The maximum absolute atomic E-state index is 12.7. The highest BCUT2D eigenvalue weighted by atomic mass is 16.6. The summed E-state index contributed by atoms with van der Waals surface area (Å²) in [6, 6.07) is 15.5. The first-order valence-corrected chi connectivity index (χ1v) is 10.7. The van der Waals surface area contributed by atoms with Crippen LogP contribution in [0.25, 0.3) is 0 Å². The summed E-state index contributed by atoms with van der Waals surface area (Å²) in [5.41, 5.74) is -0.0499. The molecule has 0 N–H and O–H groups in total. The summed E-state index contributed by atoms with van der Waals surface area (Å²) in [5, 5.41) is 0. The van der Waals surface area contributed by atoms with Gasteiger partial charge in [0, 0.05) is 12.0 Å². The standard InChI is InChI=1S/C27H32O4/c1-19-13-15-21(16-14-19)29-22-10-9-11-23(18-22)30-27(6)17-8-7-12-24(27)20(2)25(28)31-26(3,4)5/h7-18,20,24H,1-6H3. The van der Waals surface area contributed by atoms with Crippen molar-refractivity contribution in [3.8, 4) is 17.2 Å². The zero-order valence-corrected chi connectivity index (χ0v) is 19.2. The Balaban J connectivity index is 1.77. The van der Waals surface area contributed by atoms with Gasteiger partial charge in [0.1, 0.15) is 28.5 Å². The van der Waals surface area contributed by atoms with Gasteiger partial charge in [-0.1, -0.05) is 48.9 Å². The quantitative estimate of drug-likeness (QED) is 0.491. The number of carbonyl (C=O) groups is 1. The smallest absolute Gasteiger partial charge is 0.309 e. The Morgan fingerprint density at radius 3 is 2.35 bits per heavy atom. The van der Waals surface area contributed by atoms with E-state index in [4.69, 9.17) is 14.2 Å². The molecule has 1 aliphatic carbocycles. The van der Waals surface area contributed by atoms with Crippen molar-refractivity contribution in [2.45, 2.75) is 52.7 Å². The molecular weight excluding hydrogens is 388 g/mol. The molecule has 0 aromatic heterocycles. The van der Waals surface area contributed by atoms with Crippen LogP contribution in [0.4, 0.5) is 0 Å². The van der Waals surface area contributed by atoms with Gasteiger partial charge in [-0.3, -0.25) is 4.79 Å². The summed E-state index contributed by atoms with van der Waals surface area (Å²) in [6.45, 7) is 11.6. The molecule has 1 aliphatic rings. The number of hydrogen-bond acceptors (Lipinski definition) is 4. The number of carbonyl (C=O) groups excluding carboxylic acids is 1. The summed E-state index contributed by atoms with van der Waals surface area (Å²) >= 11 is 0. The van der Waals surface area contributed by atoms with E-state index in [1.165, 1.54) is 5.56 Å². The van der Waals surface area contributed by atoms with E-state index in [-0.39, 0.29) is 17.8 Å². The first kappa shape index (κ1) is 22.7. The molecular formula is C27H32O4. The largest absolute Gasteiger partial charge is 0.483 e. The monoisotopic (exact) mass is 420 g/mol. The van der Waals surface area contributed by atoms with Crippen LogP contribution in [0.2, 0.25) is 0 Å². The third-order valence-electron chi connectivity index (χ3n) is 5.24. The van der Waals surface area contributed by atoms with Crippen LogP contribution in [0.3, 0.4) is 0 Å². The minimum absolute atomic E-state index is 0.172. The maximum atomic E-state index is 12.7. The highest BCUT2D eigenvalue weighted by Crippen LogP contribution is 2.37. The molecule has 0 radical (unpaired) electrons. The van der Waals surface area contributed by atoms with Gasteiger partial charge in [-0.25, -0.2) is 0 Å². The van der Waals surface area contributed by atoms with Crippen LogP contribution in [-0.4, -0.2) is 17.2 Å². The minimum atomic E-state index is -0.701. The normalized spacial score (nSPS) is 21.4. The molecule has 3 atom stereocenters. The van der Waals surface area contributed by atoms with Crippen LogP contribution in [0, 0.1) is 18.8 Å². The topological polar surface area (TPSA) is 44.8 Å². The number of benzene rings is 2. The summed E-state index contributed by atoms with van der Waals surface area (Å²) < 4.78 is 18.0. The van der Waals surface area contributed by atoms with Gasteiger partial charge in [0.25, 0.3) is 0 Å². The van der Waals surface area contributed by atoms with Crippen molar-refractivity contribution in [3.05, 3.63) is 78.4 Å². The van der Waals surface area contributed by atoms with E-state index in [9.17, 15) is 4.79 Å². The number of aryl methyl sites for hydroxylation is 1. The van der Waals surface area contributed by atoms with E-state index in [2.05, 4.69) is 0 Å². The van der Waals surface area contributed by atoms with E-state index in [0.717, 1.165) is 5.75 Å². The second-order valence-electron chi connectivity index (χ2n) is 9.27.